The molecule has 2 heterocycles. The van der Waals surface area contributed by atoms with Crippen LogP contribution in [0.25, 0.3) is 11.3 Å². The monoisotopic (exact) mass is 444 g/mol. The number of hydrogen-bond acceptors (Lipinski definition) is 3. The third-order valence-corrected chi connectivity index (χ3v) is 5.93. The van der Waals surface area contributed by atoms with E-state index in [1.807, 2.05) is 36.6 Å². The molecule has 7 heteroatoms. The van der Waals surface area contributed by atoms with Crippen molar-refractivity contribution in [1.29, 1.82) is 0 Å². The molecule has 7 nitrogen and oxygen atoms in total. The molecule has 1 amide bonds. The van der Waals surface area contributed by atoms with Crippen molar-refractivity contribution in [3.05, 3.63) is 94.3 Å². The Morgan fingerprint density at radius 3 is 2.18 bits per heavy atom. The number of carbonyl (C=O) groups excluding carboxylic acids is 1. The zero-order valence-corrected chi connectivity index (χ0v) is 18.4. The van der Waals surface area contributed by atoms with E-state index in [-0.39, 0.29) is 23.6 Å². The number of carboxylic acid groups (broad SMARTS) is 2. The molecule has 0 saturated carbocycles. The van der Waals surface area contributed by atoms with Gasteiger partial charge in [0.15, 0.2) is 0 Å². The zero-order chi connectivity index (χ0) is 23.7. The van der Waals surface area contributed by atoms with E-state index >= 15 is 0 Å². The van der Waals surface area contributed by atoms with Gasteiger partial charge in [-0.05, 0) is 67.8 Å². The number of aryl methyl sites for hydroxylation is 2. The lowest BCUT2D eigenvalue weighted by molar-refractivity contribution is 0.0685. The van der Waals surface area contributed by atoms with Crippen molar-refractivity contribution in [2.45, 2.75) is 20.3 Å². The molecule has 0 aliphatic carbocycles. The fourth-order valence-corrected chi connectivity index (χ4v) is 4.32. The van der Waals surface area contributed by atoms with Gasteiger partial charge in [0.25, 0.3) is 5.91 Å². The minimum atomic E-state index is -1.06. The summed E-state index contributed by atoms with van der Waals surface area (Å²) in [7, 11) is 0. The van der Waals surface area contributed by atoms with Crippen LogP contribution in [0.5, 0.6) is 0 Å². The fraction of sp³-hybridized carbons (Fsp3) is 0.192. The van der Waals surface area contributed by atoms with Gasteiger partial charge in [0.05, 0.1) is 16.8 Å². The molecule has 0 saturated heterocycles. The van der Waals surface area contributed by atoms with Crippen molar-refractivity contribution in [3.63, 3.8) is 0 Å². The summed E-state index contributed by atoms with van der Waals surface area (Å²) in [6.45, 7) is 4.54. The summed E-state index contributed by atoms with van der Waals surface area (Å²) in [6.07, 6.45) is 2.57. The predicted molar refractivity (Wildman–Crippen MR) is 124 cm³/mol. The van der Waals surface area contributed by atoms with Gasteiger partial charge in [0, 0.05) is 30.0 Å². The van der Waals surface area contributed by atoms with Crippen LogP contribution in [0.1, 0.15) is 54.4 Å². The number of rotatable bonds is 5. The van der Waals surface area contributed by atoms with E-state index in [1.54, 1.807) is 35.2 Å². The van der Waals surface area contributed by atoms with E-state index in [1.165, 1.54) is 12.1 Å². The summed E-state index contributed by atoms with van der Waals surface area (Å²) in [5.74, 6) is -2.31. The molecule has 0 radical (unpaired) electrons. The third kappa shape index (κ3) is 4.17. The van der Waals surface area contributed by atoms with Gasteiger partial charge in [-0.15, -0.1) is 0 Å². The smallest absolute Gasteiger partial charge is 0.337 e. The number of carbonyl (C=O) groups is 3. The highest BCUT2D eigenvalue weighted by molar-refractivity contribution is 6.00. The molecular formula is C26H24N2O5. The molecule has 1 aliphatic rings. The topological polar surface area (TPSA) is 99.8 Å². The Bertz CT molecular complexity index is 1280. The molecule has 168 valence electrons. The maximum Gasteiger partial charge on any atom is 0.337 e. The molecule has 4 rings (SSSR count). The second-order valence-corrected chi connectivity index (χ2v) is 8.08. The van der Waals surface area contributed by atoms with Crippen LogP contribution in [0, 0.1) is 13.8 Å². The first-order valence-corrected chi connectivity index (χ1v) is 10.6. The molecule has 3 aromatic rings. The standard InChI is InChI=1S/C26H24N2O5/c1-16-9-10-17(2)28(16)23-14-18(11-12-22(23)26(32)33)24(29)27-13-5-6-19(15-27)20-7-3-4-8-21(20)25(30)31/h3-4,6-12,14H,5,13,15H2,1-2H3,(H,30,31)(H,32,33). The van der Waals surface area contributed by atoms with Gasteiger partial charge >= 0.3 is 11.9 Å². The quantitative estimate of drug-likeness (QED) is 0.607. The maximum atomic E-state index is 13.4. The molecule has 0 fully saturated rings. The first-order chi connectivity index (χ1) is 15.8. The minimum absolute atomic E-state index is 0.114. The Hall–Kier alpha value is -4.13. The number of benzene rings is 2. The normalized spacial score (nSPS) is 13.5. The summed E-state index contributed by atoms with van der Waals surface area (Å²) in [5.41, 5.74) is 4.26. The summed E-state index contributed by atoms with van der Waals surface area (Å²) in [4.78, 5) is 38.5. The van der Waals surface area contributed by atoms with E-state index in [0.717, 1.165) is 17.0 Å². The van der Waals surface area contributed by atoms with Crippen LogP contribution >= 0.6 is 0 Å². The average molecular weight is 444 g/mol. The lowest BCUT2D eigenvalue weighted by Gasteiger charge is -2.28. The van der Waals surface area contributed by atoms with Crippen molar-refractivity contribution in [3.8, 4) is 5.69 Å². The van der Waals surface area contributed by atoms with E-state index in [2.05, 4.69) is 0 Å². The summed E-state index contributed by atoms with van der Waals surface area (Å²) >= 11 is 0. The van der Waals surface area contributed by atoms with Gasteiger partial charge in [0.1, 0.15) is 0 Å². The van der Waals surface area contributed by atoms with E-state index < -0.39 is 11.9 Å². The molecule has 1 aliphatic heterocycles. The average Bonchev–Trinajstić information content (AvgIpc) is 3.15. The number of aromatic carboxylic acids is 2. The number of amides is 1. The second kappa shape index (κ2) is 8.78. The Labute approximate surface area is 191 Å². The molecular weight excluding hydrogens is 420 g/mol. The lowest BCUT2D eigenvalue weighted by Crippen LogP contribution is -2.35. The van der Waals surface area contributed by atoms with Crippen molar-refractivity contribution in [1.82, 2.24) is 9.47 Å². The molecule has 1 aromatic heterocycles. The Morgan fingerprint density at radius 2 is 1.52 bits per heavy atom. The Balaban J connectivity index is 1.68. The zero-order valence-electron chi connectivity index (χ0n) is 18.4. The van der Waals surface area contributed by atoms with Crippen molar-refractivity contribution < 1.29 is 24.6 Å². The van der Waals surface area contributed by atoms with Gasteiger partial charge in [-0.3, -0.25) is 4.79 Å². The summed E-state index contributed by atoms with van der Waals surface area (Å²) < 4.78 is 1.82. The van der Waals surface area contributed by atoms with Crippen LogP contribution in [0.4, 0.5) is 0 Å². The van der Waals surface area contributed by atoms with Crippen molar-refractivity contribution >= 4 is 23.4 Å². The van der Waals surface area contributed by atoms with E-state index in [4.69, 9.17) is 0 Å². The third-order valence-electron chi connectivity index (χ3n) is 5.93. The van der Waals surface area contributed by atoms with Crippen molar-refractivity contribution in [2.75, 3.05) is 13.1 Å². The molecule has 0 unspecified atom stereocenters. The number of nitrogens with zero attached hydrogens (tertiary/aromatic N) is 2. The predicted octanol–water partition coefficient (Wildman–Crippen LogP) is 4.42. The minimum Gasteiger partial charge on any atom is -0.478 e. The van der Waals surface area contributed by atoms with Crippen molar-refractivity contribution in [2.24, 2.45) is 0 Å². The van der Waals surface area contributed by atoms with E-state index in [0.29, 0.717) is 29.8 Å². The molecule has 0 atom stereocenters. The van der Waals surface area contributed by atoms with Gasteiger partial charge in [-0.2, -0.15) is 0 Å². The Morgan fingerprint density at radius 1 is 0.848 bits per heavy atom. The molecule has 2 N–H and O–H groups in total. The molecule has 2 aromatic carbocycles. The van der Waals surface area contributed by atoms with Gasteiger partial charge in [0.2, 0.25) is 0 Å². The molecule has 0 spiro atoms. The van der Waals surface area contributed by atoms with Crippen LogP contribution in [0.3, 0.4) is 0 Å². The highest BCUT2D eigenvalue weighted by Crippen LogP contribution is 2.27. The lowest BCUT2D eigenvalue weighted by atomic mass is 9.96. The largest absolute Gasteiger partial charge is 0.478 e. The fourth-order valence-electron chi connectivity index (χ4n) is 4.32. The maximum absolute atomic E-state index is 13.4. The summed E-state index contributed by atoms with van der Waals surface area (Å²) in [5, 5.41) is 19.2. The van der Waals surface area contributed by atoms with Crippen LogP contribution in [-0.2, 0) is 0 Å². The Kier molecular flexibility index (Phi) is 5.87. The van der Waals surface area contributed by atoms with Crippen LogP contribution in [0.15, 0.2) is 60.7 Å². The highest BCUT2D eigenvalue weighted by Gasteiger charge is 2.24. The first kappa shape index (κ1) is 22.1. The summed E-state index contributed by atoms with van der Waals surface area (Å²) in [6, 6.07) is 15.2. The van der Waals surface area contributed by atoms with Gasteiger partial charge in [-0.1, -0.05) is 24.3 Å². The van der Waals surface area contributed by atoms with Crippen LogP contribution in [-0.4, -0.2) is 50.6 Å². The van der Waals surface area contributed by atoms with Gasteiger partial charge < -0.3 is 19.7 Å². The van der Waals surface area contributed by atoms with E-state index in [9.17, 15) is 24.6 Å². The van der Waals surface area contributed by atoms with Crippen LogP contribution < -0.4 is 0 Å². The molecule has 0 bridgehead atoms. The number of hydrogen-bond donors (Lipinski definition) is 2. The molecule has 33 heavy (non-hydrogen) atoms. The first-order valence-electron chi connectivity index (χ1n) is 10.6. The SMILES string of the molecule is Cc1ccc(C)n1-c1cc(C(=O)N2CCC=C(c3ccccc3C(=O)O)C2)ccc1C(=O)O. The van der Waals surface area contributed by atoms with Gasteiger partial charge in [-0.25, -0.2) is 9.59 Å². The number of aromatic nitrogens is 1. The second-order valence-electron chi connectivity index (χ2n) is 8.08. The highest BCUT2D eigenvalue weighted by atomic mass is 16.4. The van der Waals surface area contributed by atoms with Crippen LogP contribution in [0.2, 0.25) is 0 Å². The number of carboxylic acids is 2.